The SMILES string of the molecule is CC(C)CNCc1cn(CCCCCCO)cn1. The Hall–Kier alpha value is -0.870. The van der Waals surface area contributed by atoms with Crippen molar-refractivity contribution in [2.24, 2.45) is 5.92 Å². The summed E-state index contributed by atoms with van der Waals surface area (Å²) in [5, 5.41) is 12.1. The van der Waals surface area contributed by atoms with Gasteiger partial charge in [0.25, 0.3) is 0 Å². The van der Waals surface area contributed by atoms with Crippen LogP contribution in [0.3, 0.4) is 0 Å². The molecule has 18 heavy (non-hydrogen) atoms. The number of nitrogens with one attached hydrogen (secondary N) is 1. The third kappa shape index (κ3) is 6.77. The maximum Gasteiger partial charge on any atom is 0.0949 e. The quantitative estimate of drug-likeness (QED) is 0.628. The average Bonchev–Trinajstić information content (AvgIpc) is 2.76. The van der Waals surface area contributed by atoms with E-state index in [2.05, 4.69) is 34.9 Å². The van der Waals surface area contributed by atoms with Crippen LogP contribution in [0.25, 0.3) is 0 Å². The van der Waals surface area contributed by atoms with Crippen LogP contribution >= 0.6 is 0 Å². The van der Waals surface area contributed by atoms with Gasteiger partial charge in [-0.3, -0.25) is 0 Å². The molecule has 1 heterocycles. The molecule has 0 radical (unpaired) electrons. The Labute approximate surface area is 110 Å². The lowest BCUT2D eigenvalue weighted by molar-refractivity contribution is 0.282. The molecule has 4 heteroatoms. The molecule has 0 spiro atoms. The van der Waals surface area contributed by atoms with Crippen LogP contribution in [0, 0.1) is 5.92 Å². The van der Waals surface area contributed by atoms with Crippen LogP contribution in [0.1, 0.15) is 45.2 Å². The molecule has 0 aliphatic heterocycles. The number of hydrogen-bond acceptors (Lipinski definition) is 3. The van der Waals surface area contributed by atoms with E-state index in [0.717, 1.165) is 44.6 Å². The number of unbranched alkanes of at least 4 members (excludes halogenated alkanes) is 3. The molecule has 0 fully saturated rings. The van der Waals surface area contributed by atoms with Gasteiger partial charge in [-0.25, -0.2) is 4.98 Å². The van der Waals surface area contributed by atoms with Crippen molar-refractivity contribution in [3.63, 3.8) is 0 Å². The first-order valence-electron chi connectivity index (χ1n) is 7.04. The molecule has 0 saturated carbocycles. The fourth-order valence-corrected chi connectivity index (χ4v) is 1.87. The predicted molar refractivity (Wildman–Crippen MR) is 74.3 cm³/mol. The zero-order valence-corrected chi connectivity index (χ0v) is 11.7. The van der Waals surface area contributed by atoms with Gasteiger partial charge in [0.1, 0.15) is 0 Å². The lowest BCUT2D eigenvalue weighted by atomic mass is 10.2. The Morgan fingerprint density at radius 2 is 2.06 bits per heavy atom. The number of aliphatic hydroxyl groups is 1. The molecule has 0 saturated heterocycles. The zero-order valence-electron chi connectivity index (χ0n) is 11.7. The summed E-state index contributed by atoms with van der Waals surface area (Å²) in [5.74, 6) is 0.679. The molecule has 0 atom stereocenters. The van der Waals surface area contributed by atoms with Crippen LogP contribution in [-0.4, -0.2) is 27.8 Å². The predicted octanol–water partition coefficient (Wildman–Crippen LogP) is 2.18. The monoisotopic (exact) mass is 253 g/mol. The molecule has 1 rings (SSSR count). The van der Waals surface area contributed by atoms with E-state index in [1.54, 1.807) is 0 Å². The molecule has 1 aromatic rings. The Kier molecular flexibility index (Phi) is 7.69. The fraction of sp³-hybridized carbons (Fsp3) is 0.786. The van der Waals surface area contributed by atoms with Crippen LogP contribution in [0.15, 0.2) is 12.5 Å². The van der Waals surface area contributed by atoms with Crippen molar-refractivity contribution >= 4 is 0 Å². The van der Waals surface area contributed by atoms with E-state index < -0.39 is 0 Å². The van der Waals surface area contributed by atoms with E-state index in [4.69, 9.17) is 5.11 Å². The smallest absolute Gasteiger partial charge is 0.0949 e. The van der Waals surface area contributed by atoms with Crippen molar-refractivity contribution in [1.29, 1.82) is 0 Å². The number of imidazole rings is 1. The van der Waals surface area contributed by atoms with Crippen LogP contribution < -0.4 is 5.32 Å². The highest BCUT2D eigenvalue weighted by Gasteiger charge is 1.99. The van der Waals surface area contributed by atoms with E-state index in [-0.39, 0.29) is 0 Å². The highest BCUT2D eigenvalue weighted by molar-refractivity contribution is 4.96. The Morgan fingerprint density at radius 3 is 2.78 bits per heavy atom. The van der Waals surface area contributed by atoms with Gasteiger partial charge in [0.15, 0.2) is 0 Å². The van der Waals surface area contributed by atoms with Crippen molar-refractivity contribution in [3.8, 4) is 0 Å². The second-order valence-corrected chi connectivity index (χ2v) is 5.27. The summed E-state index contributed by atoms with van der Waals surface area (Å²) in [7, 11) is 0. The van der Waals surface area contributed by atoms with Gasteiger partial charge in [-0.05, 0) is 25.3 Å². The molecule has 0 unspecified atom stereocenters. The summed E-state index contributed by atoms with van der Waals surface area (Å²) in [6.07, 6.45) is 8.43. The number of aliphatic hydroxyl groups excluding tert-OH is 1. The molecule has 2 N–H and O–H groups in total. The molecular formula is C14H27N3O. The standard InChI is InChI=1S/C14H27N3O/c1-13(2)9-15-10-14-11-17(12-16-14)7-5-3-4-6-8-18/h11-13,15,18H,3-10H2,1-2H3. The topological polar surface area (TPSA) is 50.1 Å². The first-order chi connectivity index (χ1) is 8.72. The second-order valence-electron chi connectivity index (χ2n) is 5.27. The third-order valence-corrected chi connectivity index (χ3v) is 2.87. The van der Waals surface area contributed by atoms with Gasteiger partial charge in [0.05, 0.1) is 12.0 Å². The highest BCUT2D eigenvalue weighted by atomic mass is 16.2. The van der Waals surface area contributed by atoms with Crippen molar-refractivity contribution in [1.82, 2.24) is 14.9 Å². The molecule has 0 aliphatic carbocycles. The fourth-order valence-electron chi connectivity index (χ4n) is 1.87. The zero-order chi connectivity index (χ0) is 13.2. The van der Waals surface area contributed by atoms with Gasteiger partial charge in [0.2, 0.25) is 0 Å². The molecular weight excluding hydrogens is 226 g/mol. The highest BCUT2D eigenvalue weighted by Crippen LogP contribution is 2.03. The molecule has 0 bridgehead atoms. The van der Waals surface area contributed by atoms with Crippen LogP contribution in [0.4, 0.5) is 0 Å². The summed E-state index contributed by atoms with van der Waals surface area (Å²) in [6, 6.07) is 0. The first-order valence-corrected chi connectivity index (χ1v) is 7.04. The maximum atomic E-state index is 8.69. The van der Waals surface area contributed by atoms with Gasteiger partial charge in [-0.15, -0.1) is 0 Å². The van der Waals surface area contributed by atoms with Crippen molar-refractivity contribution < 1.29 is 5.11 Å². The summed E-state index contributed by atoms with van der Waals surface area (Å²) < 4.78 is 2.16. The summed E-state index contributed by atoms with van der Waals surface area (Å²) in [6.45, 7) is 7.65. The van der Waals surface area contributed by atoms with Crippen molar-refractivity contribution in [2.75, 3.05) is 13.2 Å². The van der Waals surface area contributed by atoms with Gasteiger partial charge in [0, 0.05) is 25.9 Å². The number of aromatic nitrogens is 2. The van der Waals surface area contributed by atoms with Crippen molar-refractivity contribution in [2.45, 2.75) is 52.6 Å². The third-order valence-electron chi connectivity index (χ3n) is 2.87. The van der Waals surface area contributed by atoms with Crippen LogP contribution in [0.5, 0.6) is 0 Å². The molecule has 1 aromatic heterocycles. The summed E-state index contributed by atoms with van der Waals surface area (Å²) >= 11 is 0. The molecule has 0 aromatic carbocycles. The number of rotatable bonds is 10. The van der Waals surface area contributed by atoms with E-state index >= 15 is 0 Å². The van der Waals surface area contributed by atoms with E-state index in [1.807, 2.05) is 6.33 Å². The van der Waals surface area contributed by atoms with Gasteiger partial charge in [-0.2, -0.15) is 0 Å². The summed E-state index contributed by atoms with van der Waals surface area (Å²) in [5.41, 5.74) is 1.12. The minimum absolute atomic E-state index is 0.316. The summed E-state index contributed by atoms with van der Waals surface area (Å²) in [4.78, 5) is 4.39. The van der Waals surface area contributed by atoms with Crippen LogP contribution in [-0.2, 0) is 13.1 Å². The van der Waals surface area contributed by atoms with Crippen LogP contribution in [0.2, 0.25) is 0 Å². The van der Waals surface area contributed by atoms with E-state index in [9.17, 15) is 0 Å². The number of aryl methyl sites for hydroxylation is 1. The second kappa shape index (κ2) is 9.11. The maximum absolute atomic E-state index is 8.69. The molecule has 0 amide bonds. The van der Waals surface area contributed by atoms with Gasteiger partial charge >= 0.3 is 0 Å². The van der Waals surface area contributed by atoms with Gasteiger partial charge in [-0.1, -0.05) is 26.7 Å². The molecule has 4 nitrogen and oxygen atoms in total. The number of nitrogens with zero attached hydrogens (tertiary/aromatic N) is 2. The minimum Gasteiger partial charge on any atom is -0.396 e. The minimum atomic E-state index is 0.316. The van der Waals surface area contributed by atoms with Crippen molar-refractivity contribution in [3.05, 3.63) is 18.2 Å². The largest absolute Gasteiger partial charge is 0.396 e. The number of hydrogen-bond donors (Lipinski definition) is 2. The Balaban J connectivity index is 2.13. The van der Waals surface area contributed by atoms with E-state index in [0.29, 0.717) is 12.5 Å². The lowest BCUT2D eigenvalue weighted by Gasteiger charge is -2.05. The lowest BCUT2D eigenvalue weighted by Crippen LogP contribution is -2.19. The molecule has 104 valence electrons. The Morgan fingerprint density at radius 1 is 1.28 bits per heavy atom. The first kappa shape index (κ1) is 15.2. The van der Waals surface area contributed by atoms with E-state index in [1.165, 1.54) is 6.42 Å². The Bertz CT molecular complexity index is 310. The average molecular weight is 253 g/mol. The van der Waals surface area contributed by atoms with Gasteiger partial charge < -0.3 is 15.0 Å². The molecule has 0 aliphatic rings. The normalized spacial score (nSPS) is 11.3.